The van der Waals surface area contributed by atoms with Crippen molar-refractivity contribution < 1.29 is 4.79 Å². The van der Waals surface area contributed by atoms with Crippen LogP contribution in [0.5, 0.6) is 0 Å². The van der Waals surface area contributed by atoms with E-state index in [9.17, 15) is 4.79 Å². The third-order valence-corrected chi connectivity index (χ3v) is 3.88. The van der Waals surface area contributed by atoms with Crippen LogP contribution >= 0.6 is 11.6 Å². The van der Waals surface area contributed by atoms with Crippen molar-refractivity contribution in [3.63, 3.8) is 0 Å². The van der Waals surface area contributed by atoms with Gasteiger partial charge in [0.05, 0.1) is 29.2 Å². The van der Waals surface area contributed by atoms with E-state index in [2.05, 4.69) is 20.0 Å². The summed E-state index contributed by atoms with van der Waals surface area (Å²) >= 11 is 5.81. The Labute approximate surface area is 127 Å². The molecule has 1 aliphatic heterocycles. The average Bonchev–Trinajstić information content (AvgIpc) is 3.09. The summed E-state index contributed by atoms with van der Waals surface area (Å²) < 4.78 is 1.64. The average molecular weight is 306 g/mol. The van der Waals surface area contributed by atoms with Gasteiger partial charge in [-0.15, -0.1) is 0 Å². The second-order valence-electron chi connectivity index (χ2n) is 5.22. The number of aryl methyl sites for hydroxylation is 1. The summed E-state index contributed by atoms with van der Waals surface area (Å²) in [4.78, 5) is 22.9. The van der Waals surface area contributed by atoms with Crippen LogP contribution in [0.25, 0.3) is 0 Å². The van der Waals surface area contributed by atoms with Crippen LogP contribution in [-0.4, -0.2) is 38.1 Å². The Morgan fingerprint density at radius 2 is 2.14 bits per heavy atom. The Hall–Kier alpha value is -1.95. The topological polar surface area (TPSA) is 63.9 Å². The van der Waals surface area contributed by atoms with Gasteiger partial charge in [-0.25, -0.2) is 9.97 Å². The van der Waals surface area contributed by atoms with E-state index < -0.39 is 0 Å². The third kappa shape index (κ3) is 3.05. The van der Waals surface area contributed by atoms with Gasteiger partial charge in [0.2, 0.25) is 5.95 Å². The number of carbonyl (C=O) groups excluding carboxylic acids is 1. The first-order valence-electron chi connectivity index (χ1n) is 6.89. The molecule has 0 aromatic carbocycles. The standard InChI is InChI=1S/C14H16ClN5O/c1-19-9-10(6-18-19)13(21)5-12-3-2-4-20(12)14-16-7-11(15)8-17-14/h6-9,12H,2-5H2,1H3/t12-/m1/s1. The third-order valence-electron chi connectivity index (χ3n) is 3.69. The minimum atomic E-state index is 0.106. The lowest BCUT2D eigenvalue weighted by molar-refractivity contribution is 0.0974. The summed E-state index contributed by atoms with van der Waals surface area (Å²) in [6.07, 6.45) is 9.00. The van der Waals surface area contributed by atoms with Crippen molar-refractivity contribution in [2.75, 3.05) is 11.4 Å². The Bertz CT molecular complexity index is 639. The van der Waals surface area contributed by atoms with Gasteiger partial charge in [-0.3, -0.25) is 9.48 Å². The van der Waals surface area contributed by atoms with E-state index in [4.69, 9.17) is 11.6 Å². The molecule has 0 amide bonds. The molecule has 1 aliphatic rings. The van der Waals surface area contributed by atoms with Gasteiger partial charge in [-0.2, -0.15) is 5.10 Å². The molecule has 2 aromatic rings. The largest absolute Gasteiger partial charge is 0.337 e. The number of aromatic nitrogens is 4. The van der Waals surface area contributed by atoms with Gasteiger partial charge in [0.15, 0.2) is 5.78 Å². The van der Waals surface area contributed by atoms with E-state index in [-0.39, 0.29) is 11.8 Å². The van der Waals surface area contributed by atoms with Gasteiger partial charge in [-0.05, 0) is 12.8 Å². The lowest BCUT2D eigenvalue weighted by atomic mass is 10.0. The van der Waals surface area contributed by atoms with Crippen molar-refractivity contribution in [3.8, 4) is 0 Å². The zero-order valence-corrected chi connectivity index (χ0v) is 12.5. The van der Waals surface area contributed by atoms with Crippen LogP contribution < -0.4 is 4.90 Å². The summed E-state index contributed by atoms with van der Waals surface area (Å²) in [5, 5.41) is 4.56. The zero-order valence-electron chi connectivity index (χ0n) is 11.7. The van der Waals surface area contributed by atoms with Crippen molar-refractivity contribution >= 4 is 23.3 Å². The lowest BCUT2D eigenvalue weighted by Gasteiger charge is -2.23. The number of carbonyl (C=O) groups is 1. The van der Waals surface area contributed by atoms with Crippen LogP contribution in [0.3, 0.4) is 0 Å². The maximum Gasteiger partial charge on any atom is 0.225 e. The highest BCUT2D eigenvalue weighted by molar-refractivity contribution is 6.30. The molecule has 2 aromatic heterocycles. The predicted octanol–water partition coefficient (Wildman–Crippen LogP) is 2.11. The summed E-state index contributed by atoms with van der Waals surface area (Å²) in [6.45, 7) is 0.868. The van der Waals surface area contributed by atoms with E-state index in [1.54, 1.807) is 36.5 Å². The molecule has 3 heterocycles. The fraction of sp³-hybridized carbons (Fsp3) is 0.429. The lowest BCUT2D eigenvalue weighted by Crippen LogP contribution is -2.32. The van der Waals surface area contributed by atoms with E-state index in [1.807, 2.05) is 0 Å². The summed E-state index contributed by atoms with van der Waals surface area (Å²) in [6, 6.07) is 0.138. The number of halogens is 1. The van der Waals surface area contributed by atoms with E-state index in [0.717, 1.165) is 19.4 Å². The first-order valence-corrected chi connectivity index (χ1v) is 7.27. The zero-order chi connectivity index (χ0) is 14.8. The van der Waals surface area contributed by atoms with Crippen LogP contribution in [-0.2, 0) is 7.05 Å². The van der Waals surface area contributed by atoms with Gasteiger partial charge in [0, 0.05) is 32.3 Å². The monoisotopic (exact) mass is 305 g/mol. The molecular formula is C14H16ClN5O. The Kier molecular flexibility index (Phi) is 3.88. The summed E-state index contributed by atoms with van der Waals surface area (Å²) in [5.74, 6) is 0.745. The van der Waals surface area contributed by atoms with Crippen molar-refractivity contribution in [1.82, 2.24) is 19.7 Å². The quantitative estimate of drug-likeness (QED) is 0.810. The number of hydrogen-bond acceptors (Lipinski definition) is 5. The number of ketones is 1. The van der Waals surface area contributed by atoms with Gasteiger partial charge < -0.3 is 4.90 Å². The molecule has 110 valence electrons. The van der Waals surface area contributed by atoms with Crippen molar-refractivity contribution in [3.05, 3.63) is 35.4 Å². The molecule has 0 spiro atoms. The number of nitrogens with zero attached hydrogens (tertiary/aromatic N) is 5. The molecule has 21 heavy (non-hydrogen) atoms. The number of hydrogen-bond donors (Lipinski definition) is 0. The van der Waals surface area contributed by atoms with Crippen molar-refractivity contribution in [2.45, 2.75) is 25.3 Å². The van der Waals surface area contributed by atoms with E-state index in [0.29, 0.717) is 23.0 Å². The molecule has 6 nitrogen and oxygen atoms in total. The van der Waals surface area contributed by atoms with Crippen LogP contribution in [0.15, 0.2) is 24.8 Å². The molecule has 1 atom stereocenters. The molecular weight excluding hydrogens is 290 g/mol. The maximum absolute atomic E-state index is 12.3. The van der Waals surface area contributed by atoms with Gasteiger partial charge >= 0.3 is 0 Å². The maximum atomic E-state index is 12.3. The van der Waals surface area contributed by atoms with Crippen molar-refractivity contribution in [2.24, 2.45) is 7.05 Å². The fourth-order valence-electron chi connectivity index (χ4n) is 2.66. The molecule has 3 rings (SSSR count). The highest BCUT2D eigenvalue weighted by Crippen LogP contribution is 2.25. The minimum Gasteiger partial charge on any atom is -0.337 e. The predicted molar refractivity (Wildman–Crippen MR) is 79.6 cm³/mol. The first-order chi connectivity index (χ1) is 10.1. The van der Waals surface area contributed by atoms with Gasteiger partial charge in [0.1, 0.15) is 0 Å². The molecule has 7 heteroatoms. The fourth-order valence-corrected chi connectivity index (χ4v) is 2.76. The minimum absolute atomic E-state index is 0.106. The van der Waals surface area contributed by atoms with Crippen LogP contribution in [0, 0.1) is 0 Å². The van der Waals surface area contributed by atoms with Crippen molar-refractivity contribution in [1.29, 1.82) is 0 Å². The number of Topliss-reactive ketones (excluding diaryl/α,β-unsaturated/α-hetero) is 1. The highest BCUT2D eigenvalue weighted by Gasteiger charge is 2.29. The van der Waals surface area contributed by atoms with Crippen LogP contribution in [0.1, 0.15) is 29.6 Å². The van der Waals surface area contributed by atoms with E-state index >= 15 is 0 Å². The molecule has 0 aliphatic carbocycles. The molecule has 1 fully saturated rings. The second kappa shape index (κ2) is 5.81. The van der Waals surface area contributed by atoms with E-state index in [1.165, 1.54) is 0 Å². The molecule has 0 saturated carbocycles. The Balaban J connectivity index is 1.72. The molecule has 0 N–H and O–H groups in total. The van der Waals surface area contributed by atoms with Crippen LogP contribution in [0.4, 0.5) is 5.95 Å². The van der Waals surface area contributed by atoms with Gasteiger partial charge in [-0.1, -0.05) is 11.6 Å². The number of rotatable bonds is 4. The van der Waals surface area contributed by atoms with Crippen LogP contribution in [0.2, 0.25) is 5.02 Å². The Morgan fingerprint density at radius 1 is 1.38 bits per heavy atom. The Morgan fingerprint density at radius 3 is 2.81 bits per heavy atom. The molecule has 0 bridgehead atoms. The van der Waals surface area contributed by atoms with Gasteiger partial charge in [0.25, 0.3) is 0 Å². The summed E-state index contributed by atoms with van der Waals surface area (Å²) in [5.41, 5.74) is 0.654. The first kappa shape index (κ1) is 14.0. The number of anilines is 1. The molecule has 0 unspecified atom stereocenters. The molecule has 1 saturated heterocycles. The molecule has 0 radical (unpaired) electrons. The summed E-state index contributed by atoms with van der Waals surface area (Å²) in [7, 11) is 1.81. The highest BCUT2D eigenvalue weighted by atomic mass is 35.5. The smallest absolute Gasteiger partial charge is 0.225 e. The normalized spacial score (nSPS) is 18.2. The second-order valence-corrected chi connectivity index (χ2v) is 5.66. The SMILES string of the molecule is Cn1cc(C(=O)C[C@H]2CCCN2c2ncc(Cl)cn2)cn1.